The molecule has 0 radical (unpaired) electrons. The van der Waals surface area contributed by atoms with Gasteiger partial charge in [0.05, 0.1) is 50.2 Å². The summed E-state index contributed by atoms with van der Waals surface area (Å²) in [4.78, 5) is 71.8. The van der Waals surface area contributed by atoms with Gasteiger partial charge in [0, 0.05) is 87.4 Å². The smallest absolute Gasteiger partial charge is 0.292 e. The van der Waals surface area contributed by atoms with Crippen molar-refractivity contribution in [1.82, 2.24) is 24.7 Å². The Morgan fingerprint density at radius 3 is 2.29 bits per heavy atom. The number of benzene rings is 2. The molecule has 4 N–H and O–H groups in total. The minimum Gasteiger partial charge on any atom is -0.471 e. The van der Waals surface area contributed by atoms with Gasteiger partial charge >= 0.3 is 0 Å². The zero-order valence-electron chi connectivity index (χ0n) is 32.2. The number of carbonyl (C=O) groups excluding carboxylic acids is 5. The number of methoxy groups -OCH3 is 1. The van der Waals surface area contributed by atoms with Crippen LogP contribution in [-0.4, -0.2) is 134 Å². The number of hydrogen-bond donors (Lipinski definition) is 3. The van der Waals surface area contributed by atoms with Gasteiger partial charge in [-0.3, -0.25) is 29.0 Å². The first-order valence-corrected chi connectivity index (χ1v) is 18.1. The summed E-state index contributed by atoms with van der Waals surface area (Å²) in [7, 11) is 8.41. The van der Waals surface area contributed by atoms with Crippen molar-refractivity contribution in [2.24, 2.45) is 17.8 Å². The van der Waals surface area contributed by atoms with Crippen molar-refractivity contribution in [3.63, 3.8) is 0 Å². The van der Waals surface area contributed by atoms with Gasteiger partial charge in [-0.25, -0.2) is 13.8 Å². The molecule has 2 aromatic carbocycles. The number of likely N-dealkylation sites (tertiary alicyclic amines) is 1. The first-order valence-electron chi connectivity index (χ1n) is 17.7. The van der Waals surface area contributed by atoms with E-state index >= 15 is 8.78 Å². The van der Waals surface area contributed by atoms with Crippen molar-refractivity contribution in [3.8, 4) is 11.3 Å². The van der Waals surface area contributed by atoms with E-state index in [9.17, 15) is 19.2 Å². The highest BCUT2D eigenvalue weighted by Crippen LogP contribution is 2.31. The summed E-state index contributed by atoms with van der Waals surface area (Å²) in [5, 5.41) is 5.23. The van der Waals surface area contributed by atoms with Crippen molar-refractivity contribution < 1.29 is 42.0 Å². The van der Waals surface area contributed by atoms with Crippen LogP contribution in [0.5, 0.6) is 0 Å². The number of aromatic nitrogens is 2. The van der Waals surface area contributed by atoms with Gasteiger partial charge in [-0.15, -0.1) is 0 Å². The molecular weight excluding hydrogens is 752 g/mol. The Morgan fingerprint density at radius 1 is 1.07 bits per heavy atom. The number of allylic oxidation sites excluding steroid dienone is 2. The lowest BCUT2D eigenvalue weighted by Crippen LogP contribution is -2.58. The van der Waals surface area contributed by atoms with Gasteiger partial charge in [0.25, 0.3) is 24.2 Å². The minimum absolute atomic E-state index is 0.0563. The molecule has 0 saturated carbocycles. The third kappa shape index (κ3) is 9.75. The topological polar surface area (TPSA) is 181 Å². The third-order valence-corrected chi connectivity index (χ3v) is 10.1. The van der Waals surface area contributed by atoms with E-state index in [1.165, 1.54) is 75.4 Å². The fourth-order valence-electron chi connectivity index (χ4n) is 6.59. The number of ether oxygens (including phenoxy) is 1. The lowest BCUT2D eigenvalue weighted by atomic mass is 10.0. The summed E-state index contributed by atoms with van der Waals surface area (Å²) in [5.41, 5.74) is 6.57. The van der Waals surface area contributed by atoms with Crippen molar-refractivity contribution in [1.29, 1.82) is 0 Å². The second-order valence-corrected chi connectivity index (χ2v) is 14.2. The van der Waals surface area contributed by atoms with Crippen LogP contribution in [0.2, 0.25) is 5.02 Å². The van der Waals surface area contributed by atoms with Crippen LogP contribution in [0.25, 0.3) is 16.8 Å². The highest BCUT2D eigenvalue weighted by Gasteiger charge is 2.42. The zero-order chi connectivity index (χ0) is 41.3. The van der Waals surface area contributed by atoms with E-state index in [4.69, 9.17) is 22.1 Å². The van der Waals surface area contributed by atoms with E-state index in [1.807, 2.05) is 4.90 Å². The number of aliphatic imine (C=N–C) groups is 1. The number of quaternary nitrogens is 1. The van der Waals surface area contributed by atoms with E-state index in [0.29, 0.717) is 42.8 Å². The average Bonchev–Trinajstić information content (AvgIpc) is 3.74. The van der Waals surface area contributed by atoms with Crippen molar-refractivity contribution in [3.05, 3.63) is 75.8 Å². The summed E-state index contributed by atoms with van der Waals surface area (Å²) in [5.74, 6) is -3.64. The van der Waals surface area contributed by atoms with Crippen molar-refractivity contribution >= 4 is 59.2 Å². The number of nitrogens with one attached hydrogen (secondary N) is 2. The van der Waals surface area contributed by atoms with Crippen LogP contribution in [0, 0.1) is 11.6 Å². The second-order valence-electron chi connectivity index (χ2n) is 13.8. The largest absolute Gasteiger partial charge is 0.471 e. The van der Waals surface area contributed by atoms with Crippen LogP contribution in [0.1, 0.15) is 46.3 Å². The average molecular weight is 799 g/mol. The first kappa shape index (κ1) is 43.1. The summed E-state index contributed by atoms with van der Waals surface area (Å²) in [6.45, 7) is 4.28. The second kappa shape index (κ2) is 18.8. The number of carbonyl (C=O) groups is 5. The standard InChI is InChI=1S/C36H42ClF2N9O4.C2H4O2/c1-21(40)26(18-42-20-30(49)41-2)23-10-11-25(32(39)31(23)38)28-19-43-33(45(28)3)34(50)44-22-8-9-24(27(37)17-22)35(51)46-12-14-47(15-13-46)36(52)29-7-6-16-48(29,4)5;1-4-2-3/h8-11,17-19,29H,6-7,12-16,20H2,1-5H3,(H3-,40,41,42,44,49,50,51);2H,1H3/p+1/t29-;/m0./s1. The van der Waals surface area contributed by atoms with Gasteiger partial charge in [0.2, 0.25) is 5.91 Å². The van der Waals surface area contributed by atoms with Crippen LogP contribution < -0.4 is 16.4 Å². The maximum absolute atomic E-state index is 15.5. The molecule has 1 atom stereocenters. The maximum atomic E-state index is 15.5. The molecule has 5 rings (SSSR count). The Hall–Kier alpha value is -5.68. The Labute approximate surface area is 328 Å². The van der Waals surface area contributed by atoms with Crippen LogP contribution in [0.4, 0.5) is 14.5 Å². The fourth-order valence-corrected chi connectivity index (χ4v) is 6.85. The molecule has 0 spiro atoms. The molecule has 2 fully saturated rings. The highest BCUT2D eigenvalue weighted by atomic mass is 35.5. The number of anilines is 1. The van der Waals surface area contributed by atoms with Crippen LogP contribution in [0.3, 0.4) is 0 Å². The van der Waals surface area contributed by atoms with E-state index in [-0.39, 0.29) is 74.8 Å². The fraction of sp³-hybridized carbons (Fsp3) is 0.395. The molecule has 0 unspecified atom stereocenters. The van der Waals surface area contributed by atoms with Gasteiger partial charge < -0.3 is 40.0 Å². The molecule has 2 aliphatic rings. The Kier molecular flexibility index (Phi) is 14.4. The van der Waals surface area contributed by atoms with Gasteiger partial charge in [-0.1, -0.05) is 17.7 Å². The molecule has 3 aromatic rings. The number of halogens is 3. The molecule has 300 valence electrons. The van der Waals surface area contributed by atoms with E-state index in [2.05, 4.69) is 39.4 Å². The quantitative estimate of drug-likeness (QED) is 0.159. The predicted molar refractivity (Wildman–Crippen MR) is 208 cm³/mol. The highest BCUT2D eigenvalue weighted by molar-refractivity contribution is 6.34. The monoisotopic (exact) mass is 798 g/mol. The lowest BCUT2D eigenvalue weighted by molar-refractivity contribution is -0.893. The van der Waals surface area contributed by atoms with Crippen molar-refractivity contribution in [2.45, 2.75) is 25.8 Å². The Balaban J connectivity index is 0.00000166. The lowest BCUT2D eigenvalue weighted by Gasteiger charge is -2.38. The predicted octanol–water partition coefficient (Wildman–Crippen LogP) is 3.09. The van der Waals surface area contributed by atoms with Crippen LogP contribution >= 0.6 is 11.6 Å². The number of hydrogen-bond acceptors (Lipinski definition) is 9. The molecule has 0 bridgehead atoms. The number of piperazine rings is 1. The molecule has 18 heteroatoms. The van der Waals surface area contributed by atoms with Crippen LogP contribution in [0.15, 0.2) is 47.2 Å². The van der Waals surface area contributed by atoms with Gasteiger partial charge in [0.15, 0.2) is 23.5 Å². The Morgan fingerprint density at radius 2 is 1.71 bits per heavy atom. The SMILES string of the molecule is CNC(=O)CN=C/C(=C(/C)N)c1ccc(-c2cnc(C(=O)Nc3ccc(C(=O)N4CCN(C(=O)[C@@H]5CCC[N+]5(C)C)CC4)c(Cl)c3)n2C)c(F)c1F.COC=O. The number of amides is 4. The molecule has 15 nitrogen and oxygen atoms in total. The van der Waals surface area contributed by atoms with Gasteiger partial charge in [0.1, 0.15) is 6.54 Å². The van der Waals surface area contributed by atoms with E-state index in [0.717, 1.165) is 19.4 Å². The van der Waals surface area contributed by atoms with Crippen LogP contribution in [-0.2, 0) is 26.2 Å². The number of likely N-dealkylation sites (N-methyl/N-ethyl adjacent to an activating group) is 2. The maximum Gasteiger partial charge on any atom is 0.292 e. The van der Waals surface area contributed by atoms with E-state index < -0.39 is 17.5 Å². The first-order chi connectivity index (χ1) is 26.6. The Bertz CT molecular complexity index is 2040. The molecule has 3 heterocycles. The molecule has 56 heavy (non-hydrogen) atoms. The zero-order valence-corrected chi connectivity index (χ0v) is 33.0. The molecule has 2 aliphatic heterocycles. The molecule has 1 aromatic heterocycles. The number of nitrogens with two attached hydrogens (primary N) is 1. The number of nitrogens with zero attached hydrogens (tertiary/aromatic N) is 6. The summed E-state index contributed by atoms with van der Waals surface area (Å²) in [6.07, 6.45) is 4.35. The third-order valence-electron chi connectivity index (χ3n) is 9.77. The molecule has 4 amide bonds. The molecule has 2 saturated heterocycles. The van der Waals surface area contributed by atoms with Crippen molar-refractivity contribution in [2.75, 3.05) is 72.8 Å². The molecule has 0 aliphatic carbocycles. The summed E-state index contributed by atoms with van der Waals surface area (Å²) >= 11 is 6.52. The van der Waals surface area contributed by atoms with E-state index in [1.54, 1.807) is 4.90 Å². The number of imidazole rings is 1. The summed E-state index contributed by atoms with van der Waals surface area (Å²) in [6, 6.07) is 7.13. The van der Waals surface area contributed by atoms with Gasteiger partial charge in [-0.2, -0.15) is 0 Å². The normalized spacial score (nSPS) is 16.8. The number of rotatable bonds is 10. The minimum atomic E-state index is -1.19. The van der Waals surface area contributed by atoms with Gasteiger partial charge in [-0.05, 0) is 31.2 Å². The molecular formula is C38H47ClF2N9O6+. The summed E-state index contributed by atoms with van der Waals surface area (Å²) < 4.78 is 36.8.